The molecule has 0 radical (unpaired) electrons. The van der Waals surface area contributed by atoms with Gasteiger partial charge in [-0.1, -0.05) is 54.8 Å². The first-order chi connectivity index (χ1) is 18.9. The quantitative estimate of drug-likeness (QED) is 0.101. The highest BCUT2D eigenvalue weighted by Crippen LogP contribution is 2.44. The molecular formula is C30H27ClN2O5S. The van der Waals surface area contributed by atoms with Gasteiger partial charge >= 0.3 is 5.91 Å². The Labute approximate surface area is 235 Å². The van der Waals surface area contributed by atoms with Crippen LogP contribution in [0, 0.1) is 0 Å². The second kappa shape index (κ2) is 11.5. The lowest BCUT2D eigenvalue weighted by Gasteiger charge is -2.23. The standard InChI is InChI=1S/C30H27ClN2O5S/c1-3-4-5-16-38-22-13-6-18(7-14-22)26-25(27(34)19-8-11-21(37-2)12-9-19)28(35)29(36)33(26)30-32-23-15-10-20(31)17-24(23)39-30/h6-15,17,26,34H,3-5,16H2,1-2H3. The predicted octanol–water partition coefficient (Wildman–Crippen LogP) is 7.15. The van der Waals surface area contributed by atoms with Crippen molar-refractivity contribution in [1.82, 2.24) is 4.98 Å². The lowest BCUT2D eigenvalue weighted by molar-refractivity contribution is -0.132. The summed E-state index contributed by atoms with van der Waals surface area (Å²) in [6.45, 7) is 2.74. The topological polar surface area (TPSA) is 89.0 Å². The number of ether oxygens (including phenoxy) is 2. The van der Waals surface area contributed by atoms with E-state index in [0.29, 0.717) is 44.9 Å². The van der Waals surface area contributed by atoms with Crippen molar-refractivity contribution in [3.8, 4) is 11.5 Å². The number of Topliss-reactive ketones (excluding diaryl/α,β-unsaturated/α-hetero) is 1. The minimum absolute atomic E-state index is 0.0148. The average Bonchev–Trinajstić information content (AvgIpc) is 3.48. The lowest BCUT2D eigenvalue weighted by Crippen LogP contribution is -2.29. The maximum Gasteiger partial charge on any atom is 0.301 e. The van der Waals surface area contributed by atoms with Gasteiger partial charge in [-0.2, -0.15) is 0 Å². The van der Waals surface area contributed by atoms with Gasteiger partial charge in [0.2, 0.25) is 0 Å². The van der Waals surface area contributed by atoms with Gasteiger partial charge in [-0.3, -0.25) is 14.5 Å². The first-order valence-corrected chi connectivity index (χ1v) is 13.8. The molecule has 3 aromatic carbocycles. The number of amides is 1. The first-order valence-electron chi connectivity index (χ1n) is 12.7. The Morgan fingerprint density at radius 1 is 1.03 bits per heavy atom. The smallest absolute Gasteiger partial charge is 0.301 e. The van der Waals surface area contributed by atoms with Gasteiger partial charge in [-0.05, 0) is 66.6 Å². The van der Waals surface area contributed by atoms with Crippen LogP contribution in [0.25, 0.3) is 16.0 Å². The molecule has 1 aromatic heterocycles. The molecule has 2 heterocycles. The minimum atomic E-state index is -0.891. The third-order valence-corrected chi connectivity index (χ3v) is 7.82. The fraction of sp³-hybridized carbons (Fsp3) is 0.233. The number of nitrogens with zero attached hydrogens (tertiary/aromatic N) is 2. The molecule has 0 saturated carbocycles. The molecule has 7 nitrogen and oxygen atoms in total. The van der Waals surface area contributed by atoms with E-state index >= 15 is 0 Å². The molecular weight excluding hydrogens is 536 g/mol. The molecule has 1 atom stereocenters. The Bertz CT molecular complexity index is 1550. The average molecular weight is 563 g/mol. The van der Waals surface area contributed by atoms with E-state index in [4.69, 9.17) is 21.1 Å². The normalized spacial score (nSPS) is 16.7. The van der Waals surface area contributed by atoms with E-state index in [-0.39, 0.29) is 11.3 Å². The van der Waals surface area contributed by atoms with E-state index in [0.717, 1.165) is 24.0 Å². The van der Waals surface area contributed by atoms with Crippen molar-refractivity contribution in [3.05, 3.63) is 88.5 Å². The number of aliphatic hydroxyl groups excluding tert-OH is 1. The fourth-order valence-electron chi connectivity index (χ4n) is 4.53. The predicted molar refractivity (Wildman–Crippen MR) is 154 cm³/mol. The van der Waals surface area contributed by atoms with Crippen molar-refractivity contribution < 1.29 is 24.2 Å². The number of carbonyl (C=O) groups is 2. The monoisotopic (exact) mass is 562 g/mol. The van der Waals surface area contributed by atoms with Gasteiger partial charge in [0.15, 0.2) is 5.13 Å². The van der Waals surface area contributed by atoms with Gasteiger partial charge in [0.05, 0.1) is 35.5 Å². The summed E-state index contributed by atoms with van der Waals surface area (Å²) in [4.78, 5) is 32.9. The summed E-state index contributed by atoms with van der Waals surface area (Å²) >= 11 is 7.43. The highest BCUT2D eigenvalue weighted by Gasteiger charge is 2.48. The number of aromatic nitrogens is 1. The van der Waals surface area contributed by atoms with Crippen LogP contribution in [0.1, 0.15) is 43.4 Å². The van der Waals surface area contributed by atoms with E-state index in [2.05, 4.69) is 11.9 Å². The largest absolute Gasteiger partial charge is 0.507 e. The third-order valence-electron chi connectivity index (χ3n) is 6.57. The number of unbranched alkanes of at least 4 members (excludes halogenated alkanes) is 2. The van der Waals surface area contributed by atoms with Gasteiger partial charge in [0, 0.05) is 10.6 Å². The van der Waals surface area contributed by atoms with Crippen molar-refractivity contribution >= 4 is 55.7 Å². The molecule has 5 rings (SSSR count). The number of rotatable bonds is 9. The van der Waals surface area contributed by atoms with Crippen LogP contribution in [0.2, 0.25) is 5.02 Å². The van der Waals surface area contributed by atoms with Crippen LogP contribution in [-0.2, 0) is 9.59 Å². The summed E-state index contributed by atoms with van der Waals surface area (Å²) < 4.78 is 11.8. The Hall–Kier alpha value is -3.88. The summed E-state index contributed by atoms with van der Waals surface area (Å²) in [5.41, 5.74) is 1.68. The maximum atomic E-state index is 13.5. The van der Waals surface area contributed by atoms with Gasteiger partial charge in [-0.15, -0.1) is 0 Å². The number of carbonyl (C=O) groups excluding carboxylic acids is 2. The molecule has 1 N–H and O–H groups in total. The van der Waals surface area contributed by atoms with Gasteiger partial charge in [-0.25, -0.2) is 4.98 Å². The minimum Gasteiger partial charge on any atom is -0.507 e. The molecule has 4 aromatic rings. The number of benzene rings is 3. The van der Waals surface area contributed by atoms with Crippen LogP contribution in [0.15, 0.2) is 72.3 Å². The van der Waals surface area contributed by atoms with Crippen molar-refractivity contribution in [2.45, 2.75) is 32.2 Å². The first kappa shape index (κ1) is 26.7. The van der Waals surface area contributed by atoms with Crippen LogP contribution in [-0.4, -0.2) is 35.5 Å². The highest BCUT2D eigenvalue weighted by atomic mass is 35.5. The molecule has 1 saturated heterocycles. The number of anilines is 1. The fourth-order valence-corrected chi connectivity index (χ4v) is 5.80. The second-order valence-corrected chi connectivity index (χ2v) is 10.6. The number of ketones is 1. The summed E-state index contributed by atoms with van der Waals surface area (Å²) in [5.74, 6) is -0.527. The zero-order valence-corrected chi connectivity index (χ0v) is 23.1. The molecule has 1 unspecified atom stereocenters. The van der Waals surface area contributed by atoms with Crippen LogP contribution < -0.4 is 14.4 Å². The number of halogens is 1. The van der Waals surface area contributed by atoms with Crippen molar-refractivity contribution in [3.63, 3.8) is 0 Å². The molecule has 0 spiro atoms. The molecule has 9 heteroatoms. The molecule has 1 aliphatic heterocycles. The van der Waals surface area contributed by atoms with Crippen LogP contribution in [0.4, 0.5) is 5.13 Å². The summed E-state index contributed by atoms with van der Waals surface area (Å²) in [6, 6.07) is 18.3. The zero-order chi connectivity index (χ0) is 27.5. The number of thiazole rings is 1. The van der Waals surface area contributed by atoms with Gasteiger partial charge < -0.3 is 14.6 Å². The van der Waals surface area contributed by atoms with Crippen molar-refractivity contribution in [2.24, 2.45) is 0 Å². The number of aliphatic hydroxyl groups is 1. The molecule has 1 fully saturated rings. The molecule has 1 amide bonds. The van der Waals surface area contributed by atoms with E-state index in [1.165, 1.54) is 16.2 Å². The Kier molecular flexibility index (Phi) is 7.86. The Balaban J connectivity index is 1.59. The Morgan fingerprint density at radius 3 is 2.44 bits per heavy atom. The van der Waals surface area contributed by atoms with Gasteiger partial charge in [0.25, 0.3) is 5.78 Å². The van der Waals surface area contributed by atoms with Crippen LogP contribution in [0.5, 0.6) is 11.5 Å². The molecule has 1 aliphatic rings. The molecule has 0 bridgehead atoms. The van der Waals surface area contributed by atoms with E-state index in [1.807, 2.05) is 24.3 Å². The summed E-state index contributed by atoms with van der Waals surface area (Å²) in [6.07, 6.45) is 3.15. The van der Waals surface area contributed by atoms with E-state index in [9.17, 15) is 14.7 Å². The number of hydrogen-bond acceptors (Lipinski definition) is 7. The number of hydrogen-bond donors (Lipinski definition) is 1. The number of methoxy groups -OCH3 is 1. The third kappa shape index (κ3) is 5.35. The summed E-state index contributed by atoms with van der Waals surface area (Å²) in [7, 11) is 1.54. The summed E-state index contributed by atoms with van der Waals surface area (Å²) in [5, 5.41) is 12.2. The van der Waals surface area contributed by atoms with E-state index in [1.54, 1.807) is 49.6 Å². The van der Waals surface area contributed by atoms with Crippen LogP contribution in [0.3, 0.4) is 0 Å². The molecule has 200 valence electrons. The molecule has 39 heavy (non-hydrogen) atoms. The molecule has 0 aliphatic carbocycles. The van der Waals surface area contributed by atoms with E-state index < -0.39 is 17.7 Å². The zero-order valence-electron chi connectivity index (χ0n) is 21.5. The van der Waals surface area contributed by atoms with Crippen molar-refractivity contribution in [2.75, 3.05) is 18.6 Å². The maximum absolute atomic E-state index is 13.5. The SMILES string of the molecule is CCCCCOc1ccc(C2C(=C(O)c3ccc(OC)cc3)C(=O)C(=O)N2c2nc3ccc(Cl)cc3s2)cc1. The second-order valence-electron chi connectivity index (χ2n) is 9.13. The number of fused-ring (bicyclic) bond motifs is 1. The Morgan fingerprint density at radius 2 is 1.74 bits per heavy atom. The van der Waals surface area contributed by atoms with Crippen molar-refractivity contribution in [1.29, 1.82) is 0 Å². The van der Waals surface area contributed by atoms with Crippen LogP contribution >= 0.6 is 22.9 Å². The highest BCUT2D eigenvalue weighted by molar-refractivity contribution is 7.22. The van der Waals surface area contributed by atoms with Gasteiger partial charge in [0.1, 0.15) is 17.3 Å². The lowest BCUT2D eigenvalue weighted by atomic mass is 9.95.